The van der Waals surface area contributed by atoms with E-state index in [2.05, 4.69) is 10.3 Å². The second-order valence-corrected chi connectivity index (χ2v) is 2.09. The predicted molar refractivity (Wildman–Crippen MR) is 37.4 cm³/mol. The van der Waals surface area contributed by atoms with E-state index in [1.807, 2.05) is 0 Å². The summed E-state index contributed by atoms with van der Waals surface area (Å²) in [6.45, 7) is 0. The number of oxime groups is 1. The van der Waals surface area contributed by atoms with E-state index in [-0.39, 0.29) is 5.17 Å². The van der Waals surface area contributed by atoms with E-state index < -0.39 is 0 Å². The highest BCUT2D eigenvalue weighted by Gasteiger charge is 2.03. The molecule has 1 aromatic heterocycles. The van der Waals surface area contributed by atoms with Crippen molar-refractivity contribution < 1.29 is 5.21 Å². The highest BCUT2D eigenvalue weighted by molar-refractivity contribution is 6.69. The normalized spacial score (nSPS) is 12.0. The van der Waals surface area contributed by atoms with E-state index in [1.165, 1.54) is 4.68 Å². The molecule has 0 atom stereocenters. The highest BCUT2D eigenvalue weighted by Crippen LogP contribution is 2.01. The summed E-state index contributed by atoms with van der Waals surface area (Å²) in [6.07, 6.45) is 1.57. The molecule has 1 heterocycles. The van der Waals surface area contributed by atoms with Crippen molar-refractivity contribution >= 4 is 16.8 Å². The molecule has 0 aliphatic rings. The van der Waals surface area contributed by atoms with E-state index >= 15 is 0 Å². The predicted octanol–water partition coefficient (Wildman–Crippen LogP) is 0.795. The number of nitrogens with zero attached hydrogens (tertiary/aromatic N) is 3. The molecule has 1 rings (SSSR count). The monoisotopic (exact) mass is 159 g/mol. The molecular weight excluding hydrogens is 154 g/mol. The molecule has 0 unspecified atom stereocenters. The summed E-state index contributed by atoms with van der Waals surface area (Å²) in [7, 11) is 1.71. The number of halogens is 1. The topological polar surface area (TPSA) is 50.4 Å². The fourth-order valence-corrected chi connectivity index (χ4v) is 0.813. The molecule has 0 aliphatic carbocycles. The van der Waals surface area contributed by atoms with E-state index in [9.17, 15) is 0 Å². The first-order chi connectivity index (χ1) is 4.75. The molecule has 5 heteroatoms. The summed E-state index contributed by atoms with van der Waals surface area (Å²) in [5, 5.41) is 14.9. The second-order valence-electron chi connectivity index (χ2n) is 1.73. The lowest BCUT2D eigenvalue weighted by Crippen LogP contribution is -2.01. The van der Waals surface area contributed by atoms with Crippen molar-refractivity contribution in [1.29, 1.82) is 0 Å². The third-order valence-electron chi connectivity index (χ3n) is 1.12. The minimum atomic E-state index is 0.0417. The first-order valence-corrected chi connectivity index (χ1v) is 2.99. The van der Waals surface area contributed by atoms with Crippen LogP contribution < -0.4 is 0 Å². The van der Waals surface area contributed by atoms with E-state index in [0.29, 0.717) is 5.69 Å². The van der Waals surface area contributed by atoms with Crippen LogP contribution in [0.2, 0.25) is 0 Å². The molecule has 0 bridgehead atoms. The second kappa shape index (κ2) is 2.70. The first-order valence-electron chi connectivity index (χ1n) is 2.61. The Balaban J connectivity index is 3.05. The minimum Gasteiger partial charge on any atom is -0.410 e. The van der Waals surface area contributed by atoms with Crippen LogP contribution in [0.25, 0.3) is 0 Å². The molecule has 0 spiro atoms. The molecular formula is C5H6ClN3O. The maximum Gasteiger partial charge on any atom is 0.193 e. The summed E-state index contributed by atoms with van der Waals surface area (Å²) in [4.78, 5) is 0. The lowest BCUT2D eigenvalue weighted by atomic mass is 10.5. The number of rotatable bonds is 1. The zero-order valence-electron chi connectivity index (χ0n) is 5.32. The van der Waals surface area contributed by atoms with Crippen molar-refractivity contribution in [1.82, 2.24) is 9.78 Å². The smallest absolute Gasteiger partial charge is 0.193 e. The summed E-state index contributed by atoms with van der Waals surface area (Å²) in [6, 6.07) is 1.65. The largest absolute Gasteiger partial charge is 0.410 e. The van der Waals surface area contributed by atoms with Gasteiger partial charge in [0, 0.05) is 13.2 Å². The van der Waals surface area contributed by atoms with Crippen LogP contribution >= 0.6 is 11.6 Å². The first kappa shape index (κ1) is 7.08. The van der Waals surface area contributed by atoms with Gasteiger partial charge in [0.15, 0.2) is 5.17 Å². The van der Waals surface area contributed by atoms with E-state index in [4.69, 9.17) is 16.8 Å². The van der Waals surface area contributed by atoms with Crippen LogP contribution in [0.4, 0.5) is 0 Å². The van der Waals surface area contributed by atoms with Crippen LogP contribution in [0, 0.1) is 0 Å². The van der Waals surface area contributed by atoms with Gasteiger partial charge in [-0.25, -0.2) is 0 Å². The molecule has 10 heavy (non-hydrogen) atoms. The number of hydrogen-bond donors (Lipinski definition) is 1. The lowest BCUT2D eigenvalue weighted by molar-refractivity contribution is 0.320. The Labute approximate surface area is 62.7 Å². The third-order valence-corrected chi connectivity index (χ3v) is 1.39. The molecule has 4 nitrogen and oxygen atoms in total. The molecule has 0 amide bonds. The van der Waals surface area contributed by atoms with Gasteiger partial charge >= 0.3 is 0 Å². The fraction of sp³-hybridized carbons (Fsp3) is 0.200. The van der Waals surface area contributed by atoms with Crippen LogP contribution in [-0.4, -0.2) is 20.2 Å². The van der Waals surface area contributed by atoms with Gasteiger partial charge in [-0.15, -0.1) is 0 Å². The van der Waals surface area contributed by atoms with Gasteiger partial charge in [0.25, 0.3) is 0 Å². The zero-order valence-corrected chi connectivity index (χ0v) is 6.08. The maximum atomic E-state index is 8.25. The molecule has 1 aromatic rings. The van der Waals surface area contributed by atoms with Crippen molar-refractivity contribution in [2.75, 3.05) is 0 Å². The summed E-state index contributed by atoms with van der Waals surface area (Å²) < 4.78 is 1.52. The van der Waals surface area contributed by atoms with Gasteiger partial charge in [-0.3, -0.25) is 4.68 Å². The average Bonchev–Trinajstić information content (AvgIpc) is 2.34. The van der Waals surface area contributed by atoms with Gasteiger partial charge < -0.3 is 5.21 Å². The lowest BCUT2D eigenvalue weighted by Gasteiger charge is -1.94. The van der Waals surface area contributed by atoms with Crippen molar-refractivity contribution in [3.05, 3.63) is 18.0 Å². The molecule has 0 aliphatic heterocycles. The van der Waals surface area contributed by atoms with Crippen LogP contribution in [0.1, 0.15) is 5.69 Å². The average molecular weight is 160 g/mol. The van der Waals surface area contributed by atoms with Crippen LogP contribution in [0.5, 0.6) is 0 Å². The van der Waals surface area contributed by atoms with Gasteiger partial charge in [0.1, 0.15) is 5.69 Å². The van der Waals surface area contributed by atoms with E-state index in [1.54, 1.807) is 19.3 Å². The molecule has 0 saturated carbocycles. The Bertz CT molecular complexity index is 255. The van der Waals surface area contributed by atoms with Crippen LogP contribution in [0.3, 0.4) is 0 Å². The third kappa shape index (κ3) is 1.11. The Morgan fingerprint density at radius 2 is 2.60 bits per heavy atom. The van der Waals surface area contributed by atoms with Crippen molar-refractivity contribution in [2.24, 2.45) is 12.2 Å². The number of aromatic nitrogens is 2. The Hall–Kier alpha value is -1.03. The van der Waals surface area contributed by atoms with Crippen LogP contribution in [-0.2, 0) is 7.05 Å². The molecule has 0 radical (unpaired) electrons. The molecule has 1 N–H and O–H groups in total. The standard InChI is InChI=1S/C5H6ClN3O/c1-9-4(2-3-7-9)5(6)8-10/h2-3,10H,1H3/b8-5-. The molecule has 0 saturated heterocycles. The minimum absolute atomic E-state index is 0.0417. The Morgan fingerprint density at radius 3 is 3.00 bits per heavy atom. The van der Waals surface area contributed by atoms with Gasteiger partial charge in [-0.1, -0.05) is 16.8 Å². The van der Waals surface area contributed by atoms with Gasteiger partial charge in [0.2, 0.25) is 0 Å². The Morgan fingerprint density at radius 1 is 1.90 bits per heavy atom. The molecule has 54 valence electrons. The summed E-state index contributed by atoms with van der Waals surface area (Å²) >= 11 is 5.48. The summed E-state index contributed by atoms with van der Waals surface area (Å²) in [5.74, 6) is 0. The SMILES string of the molecule is Cn1nccc1/C(Cl)=N/O. The van der Waals surface area contributed by atoms with Gasteiger partial charge in [-0.2, -0.15) is 5.10 Å². The van der Waals surface area contributed by atoms with Gasteiger partial charge in [-0.05, 0) is 6.07 Å². The molecule has 0 aromatic carbocycles. The van der Waals surface area contributed by atoms with Crippen molar-refractivity contribution in [2.45, 2.75) is 0 Å². The van der Waals surface area contributed by atoms with Gasteiger partial charge in [0.05, 0.1) is 0 Å². The summed E-state index contributed by atoms with van der Waals surface area (Å²) in [5.41, 5.74) is 0.587. The number of hydrogen-bond acceptors (Lipinski definition) is 3. The highest BCUT2D eigenvalue weighted by atomic mass is 35.5. The number of aryl methyl sites for hydroxylation is 1. The fourth-order valence-electron chi connectivity index (χ4n) is 0.628. The van der Waals surface area contributed by atoms with E-state index in [0.717, 1.165) is 0 Å². The zero-order chi connectivity index (χ0) is 7.56. The maximum absolute atomic E-state index is 8.25. The quantitative estimate of drug-likeness (QED) is 0.374. The van der Waals surface area contributed by atoms with Crippen molar-refractivity contribution in [3.8, 4) is 0 Å². The van der Waals surface area contributed by atoms with Crippen molar-refractivity contribution in [3.63, 3.8) is 0 Å². The van der Waals surface area contributed by atoms with Crippen LogP contribution in [0.15, 0.2) is 17.4 Å². The Kier molecular flexibility index (Phi) is 1.91. The molecule has 0 fully saturated rings.